The van der Waals surface area contributed by atoms with Crippen molar-refractivity contribution in [3.63, 3.8) is 0 Å². The summed E-state index contributed by atoms with van der Waals surface area (Å²) < 4.78 is 47.6. The van der Waals surface area contributed by atoms with Gasteiger partial charge in [-0.3, -0.25) is 4.79 Å². The predicted octanol–water partition coefficient (Wildman–Crippen LogP) is 5.12. The van der Waals surface area contributed by atoms with Gasteiger partial charge in [-0.05, 0) is 44.6 Å². The molecule has 0 aliphatic carbocycles. The Morgan fingerprint density at radius 1 is 1.28 bits per heavy atom. The minimum absolute atomic E-state index is 0.0368. The summed E-state index contributed by atoms with van der Waals surface area (Å²) in [6.07, 6.45) is 2.22. The lowest BCUT2D eigenvalue weighted by molar-refractivity contribution is -0.139. The van der Waals surface area contributed by atoms with Crippen molar-refractivity contribution in [1.29, 1.82) is 0 Å². The molecule has 7 nitrogen and oxygen atoms in total. The zero-order valence-electron chi connectivity index (χ0n) is 21.3. The smallest absolute Gasteiger partial charge is 0.392 e. The number of thiazole rings is 1. The van der Waals surface area contributed by atoms with E-state index in [-0.39, 0.29) is 25.0 Å². The molecule has 3 rings (SSSR count). The maximum atomic E-state index is 12.3. The summed E-state index contributed by atoms with van der Waals surface area (Å²) in [5, 5.41) is 3.46. The van der Waals surface area contributed by atoms with Crippen molar-refractivity contribution >= 4 is 17.2 Å². The van der Waals surface area contributed by atoms with Crippen LogP contribution in [0.4, 0.5) is 13.2 Å². The highest BCUT2D eigenvalue weighted by Crippen LogP contribution is 2.29. The van der Waals surface area contributed by atoms with Gasteiger partial charge in [0, 0.05) is 37.4 Å². The van der Waals surface area contributed by atoms with E-state index in [9.17, 15) is 18.0 Å². The van der Waals surface area contributed by atoms with Gasteiger partial charge in [0.2, 0.25) is 5.91 Å². The van der Waals surface area contributed by atoms with Gasteiger partial charge in [0.05, 0.1) is 31.3 Å². The number of rotatable bonds is 13. The highest BCUT2D eigenvalue weighted by Gasteiger charge is 2.27. The number of carbonyl (C=O) groups is 1. The Hall–Kier alpha value is -2.14. The van der Waals surface area contributed by atoms with Gasteiger partial charge >= 0.3 is 6.18 Å². The van der Waals surface area contributed by atoms with Gasteiger partial charge in [-0.2, -0.15) is 13.2 Å². The van der Waals surface area contributed by atoms with E-state index in [4.69, 9.17) is 9.15 Å². The molecule has 0 aromatic carbocycles. The highest BCUT2D eigenvalue weighted by molar-refractivity contribution is 7.13. The Balaban J connectivity index is 1.33. The third-order valence-electron chi connectivity index (χ3n) is 6.50. The van der Waals surface area contributed by atoms with Crippen LogP contribution in [0.15, 0.2) is 10.6 Å². The summed E-state index contributed by atoms with van der Waals surface area (Å²) >= 11 is 1.37. The summed E-state index contributed by atoms with van der Waals surface area (Å²) in [7, 11) is 0. The molecule has 2 aromatic rings. The van der Waals surface area contributed by atoms with Crippen molar-refractivity contribution in [3.8, 4) is 5.19 Å². The number of aryl methyl sites for hydroxylation is 1. The van der Waals surface area contributed by atoms with Crippen LogP contribution < -0.4 is 10.1 Å². The number of nitrogens with one attached hydrogen (secondary N) is 1. The first-order chi connectivity index (χ1) is 17.1. The first-order valence-corrected chi connectivity index (χ1v) is 13.5. The summed E-state index contributed by atoms with van der Waals surface area (Å²) in [4.78, 5) is 24.3. The van der Waals surface area contributed by atoms with Crippen molar-refractivity contribution in [1.82, 2.24) is 20.2 Å². The molecule has 1 amide bonds. The second-order valence-corrected chi connectivity index (χ2v) is 10.6. The van der Waals surface area contributed by atoms with Gasteiger partial charge in [0.15, 0.2) is 5.89 Å². The van der Waals surface area contributed by atoms with E-state index in [0.717, 1.165) is 68.7 Å². The molecule has 36 heavy (non-hydrogen) atoms. The molecule has 1 aliphatic heterocycles. The highest BCUT2D eigenvalue weighted by atomic mass is 32.1. The third-order valence-corrected chi connectivity index (χ3v) is 7.57. The van der Waals surface area contributed by atoms with Crippen LogP contribution in [0.5, 0.6) is 5.19 Å². The van der Waals surface area contributed by atoms with Crippen LogP contribution in [0.25, 0.3) is 0 Å². The van der Waals surface area contributed by atoms with E-state index < -0.39 is 12.6 Å². The average Bonchev–Trinajstić information content (AvgIpc) is 3.34. The van der Waals surface area contributed by atoms with Crippen molar-refractivity contribution < 1.29 is 27.1 Å². The molecule has 202 valence electrons. The fourth-order valence-corrected chi connectivity index (χ4v) is 5.23. The van der Waals surface area contributed by atoms with Crippen LogP contribution in [0, 0.1) is 12.8 Å². The minimum atomic E-state index is -4.21. The number of hydrogen-bond acceptors (Lipinski definition) is 7. The zero-order valence-corrected chi connectivity index (χ0v) is 22.1. The molecule has 1 N–H and O–H groups in total. The van der Waals surface area contributed by atoms with Gasteiger partial charge in [-0.1, -0.05) is 25.2 Å². The molecule has 3 heterocycles. The SMILES string of the molecule is CCC(CCC(C)CCN1CCc2nc(OCCC(F)(F)F)sc2CC1)NC(=O)Cc1cnc(C)o1. The molecule has 0 fully saturated rings. The number of hydrogen-bond donors (Lipinski definition) is 1. The Morgan fingerprint density at radius 3 is 2.75 bits per heavy atom. The van der Waals surface area contributed by atoms with Crippen molar-refractivity contribution in [3.05, 3.63) is 28.4 Å². The van der Waals surface area contributed by atoms with Gasteiger partial charge in [0.1, 0.15) is 5.76 Å². The molecule has 2 aromatic heterocycles. The summed E-state index contributed by atoms with van der Waals surface area (Å²) in [6, 6.07) is 0.150. The molecule has 0 saturated carbocycles. The first-order valence-electron chi connectivity index (χ1n) is 12.7. The molecule has 2 unspecified atom stereocenters. The molecule has 2 atom stereocenters. The summed E-state index contributed by atoms with van der Waals surface area (Å²) in [6.45, 7) is 8.52. The molecule has 0 bridgehead atoms. The van der Waals surface area contributed by atoms with E-state index in [1.165, 1.54) is 11.3 Å². The van der Waals surface area contributed by atoms with E-state index >= 15 is 0 Å². The topological polar surface area (TPSA) is 80.5 Å². The number of ether oxygens (including phenoxy) is 1. The van der Waals surface area contributed by atoms with E-state index in [2.05, 4.69) is 34.0 Å². The van der Waals surface area contributed by atoms with E-state index in [0.29, 0.717) is 22.8 Å². The quantitative estimate of drug-likeness (QED) is 0.388. The number of oxazole rings is 1. The minimum Gasteiger partial charge on any atom is -0.470 e. The lowest BCUT2D eigenvalue weighted by Crippen LogP contribution is -2.35. The Labute approximate surface area is 214 Å². The van der Waals surface area contributed by atoms with Gasteiger partial charge < -0.3 is 19.4 Å². The van der Waals surface area contributed by atoms with Crippen molar-refractivity contribution in [2.75, 3.05) is 26.2 Å². The monoisotopic (exact) mass is 530 g/mol. The number of carbonyl (C=O) groups excluding carboxylic acids is 1. The predicted molar refractivity (Wildman–Crippen MR) is 132 cm³/mol. The van der Waals surface area contributed by atoms with E-state index in [1.807, 2.05) is 0 Å². The summed E-state index contributed by atoms with van der Waals surface area (Å²) in [5.74, 6) is 1.65. The lowest BCUT2D eigenvalue weighted by atomic mass is 9.97. The zero-order chi connectivity index (χ0) is 26.1. The van der Waals surface area contributed by atoms with Crippen LogP contribution in [0.3, 0.4) is 0 Å². The molecule has 11 heteroatoms. The van der Waals surface area contributed by atoms with Gasteiger partial charge in [0.25, 0.3) is 5.19 Å². The standard InChI is InChI=1S/C25H37F3N4O3S/c1-4-19(30-23(33)15-20-16-29-18(3)35-20)6-5-17(2)7-11-32-12-8-21-22(9-13-32)36-24(31-21)34-14-10-25(26,27)28/h16-17,19H,4-15H2,1-3H3,(H,30,33). The van der Waals surface area contributed by atoms with Crippen LogP contribution in [0.2, 0.25) is 0 Å². The summed E-state index contributed by atoms with van der Waals surface area (Å²) in [5.41, 5.74) is 0.958. The molecular weight excluding hydrogens is 493 g/mol. The second-order valence-electron chi connectivity index (χ2n) is 9.57. The fourth-order valence-electron chi connectivity index (χ4n) is 4.26. The molecule has 0 spiro atoms. The molecule has 0 saturated heterocycles. The molecule has 1 aliphatic rings. The third kappa shape index (κ3) is 9.72. The second kappa shape index (κ2) is 13.4. The molecular formula is C25H37F3N4O3S. The number of amides is 1. The normalized spacial score (nSPS) is 16.3. The first kappa shape index (κ1) is 28.4. The van der Waals surface area contributed by atoms with Crippen LogP contribution in [-0.4, -0.2) is 59.2 Å². The molecule has 0 radical (unpaired) electrons. The number of fused-ring (bicyclic) bond motifs is 1. The van der Waals surface area contributed by atoms with Gasteiger partial charge in [-0.15, -0.1) is 0 Å². The van der Waals surface area contributed by atoms with Crippen LogP contribution in [0.1, 0.15) is 68.2 Å². The maximum Gasteiger partial charge on any atom is 0.392 e. The fraction of sp³-hybridized carbons (Fsp3) is 0.720. The largest absolute Gasteiger partial charge is 0.470 e. The average molecular weight is 531 g/mol. The Kier molecular flexibility index (Phi) is 10.6. The Morgan fingerprint density at radius 2 is 2.06 bits per heavy atom. The van der Waals surface area contributed by atoms with Crippen LogP contribution >= 0.6 is 11.3 Å². The number of halogens is 3. The lowest BCUT2D eigenvalue weighted by Gasteiger charge is -2.23. The Bertz CT molecular complexity index is 937. The van der Waals surface area contributed by atoms with Crippen molar-refractivity contribution in [2.24, 2.45) is 5.92 Å². The number of nitrogens with zero attached hydrogens (tertiary/aromatic N) is 3. The maximum absolute atomic E-state index is 12.3. The number of aromatic nitrogens is 2. The van der Waals surface area contributed by atoms with E-state index in [1.54, 1.807) is 13.1 Å². The van der Waals surface area contributed by atoms with Crippen molar-refractivity contribution in [2.45, 2.75) is 84.4 Å². The number of alkyl halides is 3. The van der Waals surface area contributed by atoms with Crippen LogP contribution in [-0.2, 0) is 24.1 Å². The van der Waals surface area contributed by atoms with Gasteiger partial charge in [-0.25, -0.2) is 9.97 Å².